The molecule has 0 aliphatic heterocycles. The van der Waals surface area contributed by atoms with Crippen molar-refractivity contribution < 1.29 is 0 Å². The first-order valence-electron chi connectivity index (χ1n) is 5.54. The summed E-state index contributed by atoms with van der Waals surface area (Å²) < 4.78 is 1.98. The summed E-state index contributed by atoms with van der Waals surface area (Å²) in [4.78, 5) is 2.21. The first-order chi connectivity index (χ1) is 7.18. The SMILES string of the molecule is Cc1ccn(CCNCCCN(C)C)n1. The van der Waals surface area contributed by atoms with Crippen LogP contribution < -0.4 is 5.32 Å². The average Bonchev–Trinajstić information content (AvgIpc) is 2.57. The first-order valence-corrected chi connectivity index (χ1v) is 5.54. The van der Waals surface area contributed by atoms with Crippen LogP contribution in [0.1, 0.15) is 12.1 Å². The van der Waals surface area contributed by atoms with Crippen molar-refractivity contribution in [2.45, 2.75) is 19.9 Å². The maximum Gasteiger partial charge on any atom is 0.0593 e. The van der Waals surface area contributed by atoms with Crippen LogP contribution in [0.2, 0.25) is 0 Å². The molecule has 0 saturated carbocycles. The van der Waals surface area contributed by atoms with E-state index >= 15 is 0 Å². The molecule has 1 rings (SSSR count). The molecule has 0 unspecified atom stereocenters. The smallest absolute Gasteiger partial charge is 0.0593 e. The van der Waals surface area contributed by atoms with Crippen molar-refractivity contribution in [1.29, 1.82) is 0 Å². The molecule has 0 aliphatic carbocycles. The fourth-order valence-corrected chi connectivity index (χ4v) is 1.43. The van der Waals surface area contributed by atoms with Gasteiger partial charge in [0.05, 0.1) is 12.2 Å². The highest BCUT2D eigenvalue weighted by molar-refractivity contribution is 4.94. The normalized spacial score (nSPS) is 11.2. The lowest BCUT2D eigenvalue weighted by Gasteiger charge is -2.09. The van der Waals surface area contributed by atoms with Crippen LogP contribution in [-0.2, 0) is 6.54 Å². The van der Waals surface area contributed by atoms with E-state index in [0.717, 1.165) is 31.9 Å². The monoisotopic (exact) mass is 210 g/mol. The van der Waals surface area contributed by atoms with Gasteiger partial charge in [-0.25, -0.2) is 0 Å². The van der Waals surface area contributed by atoms with E-state index in [2.05, 4.69) is 29.4 Å². The van der Waals surface area contributed by atoms with Gasteiger partial charge in [-0.2, -0.15) is 5.10 Å². The quantitative estimate of drug-likeness (QED) is 0.674. The maximum atomic E-state index is 4.33. The molecular formula is C11H22N4. The molecule has 0 fully saturated rings. The second-order valence-electron chi connectivity index (χ2n) is 4.13. The van der Waals surface area contributed by atoms with Crippen LogP contribution in [0.25, 0.3) is 0 Å². The lowest BCUT2D eigenvalue weighted by molar-refractivity contribution is 0.392. The summed E-state index contributed by atoms with van der Waals surface area (Å²) in [5.41, 5.74) is 1.09. The van der Waals surface area contributed by atoms with Gasteiger partial charge in [-0.1, -0.05) is 0 Å². The Morgan fingerprint density at radius 2 is 2.20 bits per heavy atom. The summed E-state index contributed by atoms with van der Waals surface area (Å²) in [5.74, 6) is 0. The van der Waals surface area contributed by atoms with Crippen LogP contribution in [0, 0.1) is 6.92 Å². The van der Waals surface area contributed by atoms with Crippen molar-refractivity contribution in [3.8, 4) is 0 Å². The minimum absolute atomic E-state index is 0.954. The Labute approximate surface area is 92.3 Å². The molecule has 0 radical (unpaired) electrons. The standard InChI is InChI=1S/C11H22N4/c1-11-5-9-15(13-11)10-7-12-6-4-8-14(2)3/h5,9,12H,4,6-8,10H2,1-3H3. The third-order valence-electron chi connectivity index (χ3n) is 2.25. The first kappa shape index (κ1) is 12.2. The molecule has 0 amide bonds. The molecular weight excluding hydrogens is 188 g/mol. The number of nitrogens with zero attached hydrogens (tertiary/aromatic N) is 3. The molecule has 0 aromatic carbocycles. The summed E-state index contributed by atoms with van der Waals surface area (Å²) >= 11 is 0. The van der Waals surface area contributed by atoms with Gasteiger partial charge in [0.15, 0.2) is 0 Å². The molecule has 0 atom stereocenters. The molecule has 86 valence electrons. The van der Waals surface area contributed by atoms with Gasteiger partial charge in [0.25, 0.3) is 0 Å². The van der Waals surface area contributed by atoms with E-state index in [1.54, 1.807) is 0 Å². The minimum atomic E-state index is 0.954. The number of hydrogen-bond acceptors (Lipinski definition) is 3. The molecule has 0 saturated heterocycles. The zero-order chi connectivity index (χ0) is 11.1. The van der Waals surface area contributed by atoms with Gasteiger partial charge in [0.2, 0.25) is 0 Å². The summed E-state index contributed by atoms with van der Waals surface area (Å²) in [6, 6.07) is 2.03. The van der Waals surface area contributed by atoms with Crippen molar-refractivity contribution in [2.75, 3.05) is 33.7 Å². The third-order valence-corrected chi connectivity index (χ3v) is 2.25. The van der Waals surface area contributed by atoms with E-state index in [9.17, 15) is 0 Å². The van der Waals surface area contributed by atoms with Crippen LogP contribution in [-0.4, -0.2) is 48.4 Å². The van der Waals surface area contributed by atoms with Crippen molar-refractivity contribution in [2.24, 2.45) is 0 Å². The van der Waals surface area contributed by atoms with Gasteiger partial charge < -0.3 is 10.2 Å². The van der Waals surface area contributed by atoms with Crippen molar-refractivity contribution in [1.82, 2.24) is 20.0 Å². The Morgan fingerprint density at radius 1 is 1.40 bits per heavy atom. The number of aromatic nitrogens is 2. The van der Waals surface area contributed by atoms with Crippen LogP contribution in [0.5, 0.6) is 0 Å². The summed E-state index contributed by atoms with van der Waals surface area (Å²) in [5, 5.41) is 7.74. The number of nitrogens with one attached hydrogen (secondary N) is 1. The Kier molecular flexibility index (Phi) is 5.36. The number of rotatable bonds is 7. The lowest BCUT2D eigenvalue weighted by Crippen LogP contribution is -2.24. The fraction of sp³-hybridized carbons (Fsp3) is 0.727. The highest BCUT2D eigenvalue weighted by atomic mass is 15.3. The minimum Gasteiger partial charge on any atom is -0.315 e. The second-order valence-corrected chi connectivity index (χ2v) is 4.13. The summed E-state index contributed by atoms with van der Waals surface area (Å²) in [7, 11) is 4.21. The zero-order valence-electron chi connectivity index (χ0n) is 10.0. The molecule has 0 bridgehead atoms. The number of aryl methyl sites for hydroxylation is 1. The molecule has 1 aromatic rings. The highest BCUT2D eigenvalue weighted by Gasteiger charge is 1.94. The predicted octanol–water partition coefficient (Wildman–Crippen LogP) is 0.733. The van der Waals surface area contributed by atoms with Gasteiger partial charge in [0, 0.05) is 12.7 Å². The lowest BCUT2D eigenvalue weighted by atomic mass is 10.4. The molecule has 4 heteroatoms. The predicted molar refractivity (Wildman–Crippen MR) is 63.0 cm³/mol. The van der Waals surface area contributed by atoms with Crippen LogP contribution >= 0.6 is 0 Å². The van der Waals surface area contributed by atoms with Gasteiger partial charge >= 0.3 is 0 Å². The molecule has 1 N–H and O–H groups in total. The van der Waals surface area contributed by atoms with E-state index < -0.39 is 0 Å². The van der Waals surface area contributed by atoms with E-state index in [0.29, 0.717) is 0 Å². The van der Waals surface area contributed by atoms with E-state index in [1.807, 2.05) is 23.9 Å². The summed E-state index contributed by atoms with van der Waals surface area (Å²) in [6.07, 6.45) is 3.22. The molecule has 0 spiro atoms. The van der Waals surface area contributed by atoms with E-state index in [-0.39, 0.29) is 0 Å². The second kappa shape index (κ2) is 6.58. The highest BCUT2D eigenvalue weighted by Crippen LogP contribution is 1.91. The van der Waals surface area contributed by atoms with Gasteiger partial charge in [-0.15, -0.1) is 0 Å². The molecule has 0 aliphatic rings. The molecule has 4 nitrogen and oxygen atoms in total. The topological polar surface area (TPSA) is 33.1 Å². The Bertz CT molecular complexity index is 267. The maximum absolute atomic E-state index is 4.33. The largest absolute Gasteiger partial charge is 0.315 e. The third kappa shape index (κ3) is 5.54. The van der Waals surface area contributed by atoms with Crippen LogP contribution in [0.15, 0.2) is 12.3 Å². The summed E-state index contributed by atoms with van der Waals surface area (Å²) in [6.45, 7) is 6.19. The van der Waals surface area contributed by atoms with Crippen molar-refractivity contribution in [3.63, 3.8) is 0 Å². The zero-order valence-corrected chi connectivity index (χ0v) is 10.0. The fourth-order valence-electron chi connectivity index (χ4n) is 1.43. The Hall–Kier alpha value is -0.870. The molecule has 1 aromatic heterocycles. The Morgan fingerprint density at radius 3 is 2.80 bits per heavy atom. The van der Waals surface area contributed by atoms with Gasteiger partial charge in [-0.3, -0.25) is 4.68 Å². The Balaban J connectivity index is 1.98. The van der Waals surface area contributed by atoms with Gasteiger partial charge in [-0.05, 0) is 46.6 Å². The van der Waals surface area contributed by atoms with Crippen molar-refractivity contribution >= 4 is 0 Å². The van der Waals surface area contributed by atoms with Crippen LogP contribution in [0.4, 0.5) is 0 Å². The number of hydrogen-bond donors (Lipinski definition) is 1. The van der Waals surface area contributed by atoms with Gasteiger partial charge in [0.1, 0.15) is 0 Å². The van der Waals surface area contributed by atoms with Crippen LogP contribution in [0.3, 0.4) is 0 Å². The molecule has 15 heavy (non-hydrogen) atoms. The molecule has 1 heterocycles. The van der Waals surface area contributed by atoms with E-state index in [1.165, 1.54) is 6.42 Å². The average molecular weight is 210 g/mol. The van der Waals surface area contributed by atoms with Crippen molar-refractivity contribution in [3.05, 3.63) is 18.0 Å². The van der Waals surface area contributed by atoms with E-state index in [4.69, 9.17) is 0 Å².